The van der Waals surface area contributed by atoms with Gasteiger partial charge in [-0.1, -0.05) is 91.0 Å². The second-order valence-corrected chi connectivity index (χ2v) is 7.09. The Morgan fingerprint density at radius 1 is 0.483 bits per heavy atom. The van der Waals surface area contributed by atoms with Crippen molar-refractivity contribution in [1.82, 2.24) is 0 Å². The number of fused-ring (bicyclic) bond motifs is 2. The molecule has 0 unspecified atom stereocenters. The Morgan fingerprint density at radius 3 is 1.28 bits per heavy atom. The number of aromatic carboxylic acids is 1. The Labute approximate surface area is 168 Å². The van der Waals surface area contributed by atoms with Gasteiger partial charge in [-0.25, -0.2) is 4.79 Å². The van der Waals surface area contributed by atoms with Gasteiger partial charge < -0.3 is 5.11 Å². The maximum Gasteiger partial charge on any atom is 0.335 e. The first-order chi connectivity index (χ1) is 14.2. The van der Waals surface area contributed by atoms with Crippen LogP contribution < -0.4 is 0 Å². The average molecular weight is 374 g/mol. The van der Waals surface area contributed by atoms with Gasteiger partial charge in [0, 0.05) is 0 Å². The van der Waals surface area contributed by atoms with Crippen LogP contribution in [0, 0.1) is 0 Å². The van der Waals surface area contributed by atoms with Gasteiger partial charge >= 0.3 is 5.97 Å². The van der Waals surface area contributed by atoms with E-state index in [0.29, 0.717) is 5.56 Å². The zero-order valence-corrected chi connectivity index (χ0v) is 15.7. The molecule has 5 aromatic carbocycles. The van der Waals surface area contributed by atoms with E-state index in [9.17, 15) is 9.90 Å². The third-order valence-corrected chi connectivity index (χ3v) is 5.41. The molecule has 0 radical (unpaired) electrons. The second-order valence-electron chi connectivity index (χ2n) is 7.09. The predicted molar refractivity (Wildman–Crippen MR) is 119 cm³/mol. The second kappa shape index (κ2) is 6.92. The van der Waals surface area contributed by atoms with Gasteiger partial charge in [-0.3, -0.25) is 0 Å². The van der Waals surface area contributed by atoms with Crippen molar-refractivity contribution in [2.24, 2.45) is 0 Å². The molecule has 1 N–H and O–H groups in total. The van der Waals surface area contributed by atoms with E-state index in [4.69, 9.17) is 0 Å². The van der Waals surface area contributed by atoms with Crippen LogP contribution in [0.5, 0.6) is 0 Å². The van der Waals surface area contributed by atoms with Crippen LogP contribution in [-0.4, -0.2) is 11.1 Å². The Morgan fingerprint density at radius 2 is 0.862 bits per heavy atom. The minimum absolute atomic E-state index is 0.295. The largest absolute Gasteiger partial charge is 0.478 e. The van der Waals surface area contributed by atoms with E-state index in [1.807, 2.05) is 18.2 Å². The lowest BCUT2D eigenvalue weighted by Crippen LogP contribution is -1.95. The number of carboxylic acids is 1. The molecule has 0 saturated carbocycles. The van der Waals surface area contributed by atoms with Crippen molar-refractivity contribution >= 4 is 27.5 Å². The normalized spacial score (nSPS) is 11.0. The van der Waals surface area contributed by atoms with E-state index in [1.54, 1.807) is 12.1 Å². The monoisotopic (exact) mass is 374 g/mol. The minimum atomic E-state index is -0.911. The molecule has 29 heavy (non-hydrogen) atoms. The number of rotatable bonds is 3. The van der Waals surface area contributed by atoms with Crippen LogP contribution in [0.25, 0.3) is 43.8 Å². The van der Waals surface area contributed by atoms with Gasteiger partial charge in [-0.15, -0.1) is 0 Å². The molecule has 0 aliphatic carbocycles. The smallest absolute Gasteiger partial charge is 0.335 e. The van der Waals surface area contributed by atoms with Crippen LogP contribution >= 0.6 is 0 Å². The topological polar surface area (TPSA) is 37.3 Å². The van der Waals surface area contributed by atoms with Crippen LogP contribution in [0.15, 0.2) is 103 Å². The molecule has 0 atom stereocenters. The van der Waals surface area contributed by atoms with E-state index < -0.39 is 5.97 Å². The molecular formula is C27H18O2. The van der Waals surface area contributed by atoms with E-state index in [-0.39, 0.29) is 0 Å². The van der Waals surface area contributed by atoms with E-state index >= 15 is 0 Å². The first-order valence-corrected chi connectivity index (χ1v) is 9.56. The number of carboxylic acid groups (broad SMARTS) is 1. The highest BCUT2D eigenvalue weighted by Gasteiger charge is 2.16. The van der Waals surface area contributed by atoms with E-state index in [0.717, 1.165) is 21.9 Å². The Hall–Kier alpha value is -3.91. The molecule has 0 fully saturated rings. The Kier molecular flexibility index (Phi) is 4.10. The molecule has 5 rings (SSSR count). The quantitative estimate of drug-likeness (QED) is 0.344. The van der Waals surface area contributed by atoms with Crippen LogP contribution in [0.4, 0.5) is 0 Å². The molecule has 0 heterocycles. The Bertz CT molecular complexity index is 1290. The van der Waals surface area contributed by atoms with Gasteiger partial charge in [0.25, 0.3) is 0 Å². The van der Waals surface area contributed by atoms with Crippen LogP contribution in [0.2, 0.25) is 0 Å². The maximum atomic E-state index is 11.3. The lowest BCUT2D eigenvalue weighted by molar-refractivity contribution is 0.0697. The van der Waals surface area contributed by atoms with Crippen molar-refractivity contribution in [3.8, 4) is 22.3 Å². The predicted octanol–water partition coefficient (Wildman–Crippen LogP) is 7.03. The standard InChI is InChI=1S/C27H18O2/c28-27(29)20-16-14-19(15-17-20)26-23-12-6-4-10-21(23)25(18-8-2-1-3-9-18)22-11-5-7-13-24(22)26/h1-17H,(H,28,29). The summed E-state index contributed by atoms with van der Waals surface area (Å²) in [5.41, 5.74) is 4.86. The fourth-order valence-electron chi connectivity index (χ4n) is 4.13. The van der Waals surface area contributed by atoms with Crippen LogP contribution in [0.3, 0.4) is 0 Å². The summed E-state index contributed by atoms with van der Waals surface area (Å²) in [6.07, 6.45) is 0. The Balaban J connectivity index is 1.92. The third kappa shape index (κ3) is 2.86. The maximum absolute atomic E-state index is 11.3. The SMILES string of the molecule is O=C(O)c1ccc(-c2c3ccccc3c(-c3ccccc3)c3ccccc23)cc1. The summed E-state index contributed by atoms with van der Waals surface area (Å²) in [7, 11) is 0. The molecule has 2 nitrogen and oxygen atoms in total. The van der Waals surface area contributed by atoms with Crippen LogP contribution in [0.1, 0.15) is 10.4 Å². The number of hydrogen-bond acceptors (Lipinski definition) is 1. The highest BCUT2D eigenvalue weighted by molar-refractivity contribution is 6.21. The molecule has 0 aromatic heterocycles. The molecule has 2 heteroatoms. The molecule has 5 aromatic rings. The summed E-state index contributed by atoms with van der Waals surface area (Å²) in [6, 6.07) is 34.5. The molecule has 0 aliphatic rings. The highest BCUT2D eigenvalue weighted by Crippen LogP contribution is 2.43. The van der Waals surface area contributed by atoms with Gasteiger partial charge in [0.2, 0.25) is 0 Å². The van der Waals surface area contributed by atoms with E-state index in [2.05, 4.69) is 72.8 Å². The van der Waals surface area contributed by atoms with Crippen molar-refractivity contribution in [1.29, 1.82) is 0 Å². The fraction of sp³-hybridized carbons (Fsp3) is 0. The lowest BCUT2D eigenvalue weighted by Gasteiger charge is -2.17. The van der Waals surface area contributed by atoms with Crippen molar-refractivity contribution < 1.29 is 9.90 Å². The summed E-state index contributed by atoms with van der Waals surface area (Å²) in [4.78, 5) is 11.3. The summed E-state index contributed by atoms with van der Waals surface area (Å²) >= 11 is 0. The van der Waals surface area contributed by atoms with Gasteiger partial charge in [0.1, 0.15) is 0 Å². The first-order valence-electron chi connectivity index (χ1n) is 9.56. The first kappa shape index (κ1) is 17.2. The number of hydrogen-bond donors (Lipinski definition) is 1. The van der Waals surface area contributed by atoms with Crippen molar-refractivity contribution in [3.63, 3.8) is 0 Å². The average Bonchev–Trinajstić information content (AvgIpc) is 2.78. The van der Waals surface area contributed by atoms with Crippen molar-refractivity contribution in [2.75, 3.05) is 0 Å². The lowest BCUT2D eigenvalue weighted by atomic mass is 9.86. The van der Waals surface area contributed by atoms with Gasteiger partial charge in [0.15, 0.2) is 0 Å². The number of carbonyl (C=O) groups is 1. The minimum Gasteiger partial charge on any atom is -0.478 e. The molecular weight excluding hydrogens is 356 g/mol. The van der Waals surface area contributed by atoms with Gasteiger partial charge in [-0.2, -0.15) is 0 Å². The summed E-state index contributed by atoms with van der Waals surface area (Å²) in [6.45, 7) is 0. The van der Waals surface area contributed by atoms with Crippen molar-refractivity contribution in [2.45, 2.75) is 0 Å². The molecule has 0 saturated heterocycles. The summed E-state index contributed by atoms with van der Waals surface area (Å²) < 4.78 is 0. The molecule has 138 valence electrons. The number of benzene rings is 5. The molecule has 0 spiro atoms. The molecule has 0 bridgehead atoms. The third-order valence-electron chi connectivity index (χ3n) is 5.41. The van der Waals surface area contributed by atoms with Gasteiger partial charge in [-0.05, 0) is 55.9 Å². The zero-order valence-electron chi connectivity index (χ0n) is 15.7. The zero-order chi connectivity index (χ0) is 19.8. The van der Waals surface area contributed by atoms with Crippen molar-refractivity contribution in [3.05, 3.63) is 109 Å². The van der Waals surface area contributed by atoms with Crippen LogP contribution in [-0.2, 0) is 0 Å². The molecule has 0 amide bonds. The van der Waals surface area contributed by atoms with Gasteiger partial charge in [0.05, 0.1) is 5.56 Å². The summed E-state index contributed by atoms with van der Waals surface area (Å²) in [5, 5.41) is 14.0. The highest BCUT2D eigenvalue weighted by atomic mass is 16.4. The fourth-order valence-corrected chi connectivity index (χ4v) is 4.13. The molecule has 0 aliphatic heterocycles. The van der Waals surface area contributed by atoms with E-state index in [1.165, 1.54) is 21.9 Å². The summed E-state index contributed by atoms with van der Waals surface area (Å²) in [5.74, 6) is -0.911.